The van der Waals surface area contributed by atoms with Gasteiger partial charge in [0.05, 0.1) is 19.3 Å². The number of hydrogen-bond donors (Lipinski definition) is 1. The van der Waals surface area contributed by atoms with E-state index in [0.29, 0.717) is 19.8 Å². The topological polar surface area (TPSA) is 54.3 Å². The van der Waals surface area contributed by atoms with Crippen LogP contribution in [0.15, 0.2) is 104 Å². The van der Waals surface area contributed by atoms with Crippen molar-refractivity contribution < 1.29 is 9.47 Å². The molecule has 0 bridgehead atoms. The molecule has 4 nitrogen and oxygen atoms in total. The maximum absolute atomic E-state index is 9.92. The highest BCUT2D eigenvalue weighted by Crippen LogP contribution is 2.16. The lowest BCUT2D eigenvalue weighted by Crippen LogP contribution is -2.47. The molecule has 0 radical (unpaired) electrons. The maximum atomic E-state index is 9.92. The van der Waals surface area contributed by atoms with Crippen LogP contribution in [0, 0.1) is 11.3 Å². The highest BCUT2D eigenvalue weighted by Gasteiger charge is 2.30. The molecule has 4 heteroatoms. The molecule has 0 unspecified atom stereocenters. The van der Waals surface area contributed by atoms with E-state index >= 15 is 0 Å². The monoisotopic (exact) mass is 412 g/mol. The summed E-state index contributed by atoms with van der Waals surface area (Å²) < 4.78 is 12.4. The summed E-state index contributed by atoms with van der Waals surface area (Å²) in [6, 6.07) is 31.6. The van der Waals surface area contributed by atoms with Gasteiger partial charge in [0.1, 0.15) is 18.2 Å². The third-order valence-electron chi connectivity index (χ3n) is 4.96. The summed E-state index contributed by atoms with van der Waals surface area (Å²) >= 11 is 0. The average molecular weight is 413 g/mol. The zero-order valence-electron chi connectivity index (χ0n) is 17.6. The lowest BCUT2D eigenvalue weighted by molar-refractivity contribution is -0.0727. The molecule has 0 aromatic heterocycles. The maximum Gasteiger partial charge on any atom is 0.125 e. The van der Waals surface area contributed by atoms with Crippen LogP contribution in [0.4, 0.5) is 0 Å². The van der Waals surface area contributed by atoms with E-state index in [9.17, 15) is 5.26 Å². The Kier molecular flexibility index (Phi) is 9.03. The van der Waals surface area contributed by atoms with Crippen LogP contribution >= 0.6 is 0 Å². The molecule has 0 aliphatic heterocycles. The number of nitrogens with zero attached hydrogens (tertiary/aromatic N) is 1. The van der Waals surface area contributed by atoms with E-state index in [1.807, 2.05) is 91.0 Å². The molecule has 158 valence electrons. The third-order valence-corrected chi connectivity index (χ3v) is 4.96. The molecule has 0 heterocycles. The highest BCUT2D eigenvalue weighted by molar-refractivity contribution is 5.17. The molecular formula is C27H28N2O2. The highest BCUT2D eigenvalue weighted by atomic mass is 16.5. The number of benzene rings is 3. The Balaban J connectivity index is 1.72. The Morgan fingerprint density at radius 3 is 1.74 bits per heavy atom. The third kappa shape index (κ3) is 7.20. The quantitative estimate of drug-likeness (QED) is 0.424. The van der Waals surface area contributed by atoms with E-state index in [1.54, 1.807) is 6.08 Å². The lowest BCUT2D eigenvalue weighted by atomic mass is 10.0. The van der Waals surface area contributed by atoms with Gasteiger partial charge in [-0.05, 0) is 16.7 Å². The Hall–Kier alpha value is -3.23. The second-order valence-electron chi connectivity index (χ2n) is 7.23. The number of ether oxygens (including phenoxy) is 2. The molecule has 3 atom stereocenters. The van der Waals surface area contributed by atoms with E-state index in [2.05, 4.69) is 18.0 Å². The summed E-state index contributed by atoms with van der Waals surface area (Å²) in [5.41, 5.74) is 3.20. The van der Waals surface area contributed by atoms with E-state index in [0.717, 1.165) is 16.7 Å². The van der Waals surface area contributed by atoms with Crippen molar-refractivity contribution in [2.24, 2.45) is 0 Å². The second kappa shape index (κ2) is 12.5. The van der Waals surface area contributed by atoms with Gasteiger partial charge in [-0.1, -0.05) is 97.1 Å². The van der Waals surface area contributed by atoms with Crippen LogP contribution in [0.1, 0.15) is 16.7 Å². The fourth-order valence-corrected chi connectivity index (χ4v) is 3.27. The average Bonchev–Trinajstić information content (AvgIpc) is 2.84. The molecule has 0 saturated carbocycles. The van der Waals surface area contributed by atoms with Gasteiger partial charge in [-0.15, -0.1) is 6.58 Å². The SMILES string of the molecule is C=C[C@@H](OCc1ccccc1)[C@H](OCc1ccccc1)[C@H](C#N)NCc1ccccc1. The van der Waals surface area contributed by atoms with Gasteiger partial charge in [0.15, 0.2) is 0 Å². The first-order valence-electron chi connectivity index (χ1n) is 10.4. The minimum atomic E-state index is -0.567. The second-order valence-corrected chi connectivity index (χ2v) is 7.23. The molecule has 3 rings (SSSR count). The van der Waals surface area contributed by atoms with Crippen molar-refractivity contribution in [3.63, 3.8) is 0 Å². The van der Waals surface area contributed by atoms with Crippen LogP contribution < -0.4 is 5.32 Å². The molecule has 0 amide bonds. The first-order chi connectivity index (χ1) is 15.3. The zero-order chi connectivity index (χ0) is 21.7. The first-order valence-corrected chi connectivity index (χ1v) is 10.4. The molecule has 0 aliphatic carbocycles. The number of nitriles is 1. The van der Waals surface area contributed by atoms with Gasteiger partial charge in [0.2, 0.25) is 0 Å². The van der Waals surface area contributed by atoms with E-state index in [-0.39, 0.29) is 0 Å². The van der Waals surface area contributed by atoms with Crippen molar-refractivity contribution in [3.05, 3.63) is 120 Å². The molecule has 3 aromatic rings. The van der Waals surface area contributed by atoms with Gasteiger partial charge in [-0.25, -0.2) is 0 Å². The number of rotatable bonds is 12. The first kappa shape index (κ1) is 22.5. The molecule has 0 spiro atoms. The van der Waals surface area contributed by atoms with Gasteiger partial charge in [0, 0.05) is 6.54 Å². The molecular weight excluding hydrogens is 384 g/mol. The molecule has 0 aliphatic rings. The Morgan fingerprint density at radius 1 is 0.774 bits per heavy atom. The lowest BCUT2D eigenvalue weighted by Gasteiger charge is -2.29. The molecule has 0 saturated heterocycles. The molecule has 31 heavy (non-hydrogen) atoms. The normalized spacial score (nSPS) is 13.6. The minimum absolute atomic E-state index is 0.385. The number of hydrogen-bond acceptors (Lipinski definition) is 4. The fourth-order valence-electron chi connectivity index (χ4n) is 3.27. The summed E-state index contributed by atoms with van der Waals surface area (Å²) in [6.07, 6.45) is 0.750. The van der Waals surface area contributed by atoms with Crippen molar-refractivity contribution in [2.45, 2.75) is 38.0 Å². The van der Waals surface area contributed by atoms with Gasteiger partial charge in [-0.2, -0.15) is 5.26 Å². The van der Waals surface area contributed by atoms with Gasteiger partial charge in [0.25, 0.3) is 0 Å². The van der Waals surface area contributed by atoms with Crippen LogP contribution in [-0.2, 0) is 29.2 Å². The van der Waals surface area contributed by atoms with Crippen molar-refractivity contribution in [1.82, 2.24) is 5.32 Å². The fraction of sp³-hybridized carbons (Fsp3) is 0.222. The summed E-state index contributed by atoms with van der Waals surface area (Å²) in [4.78, 5) is 0. The molecule has 0 fully saturated rings. The van der Waals surface area contributed by atoms with Crippen molar-refractivity contribution >= 4 is 0 Å². The summed E-state index contributed by atoms with van der Waals surface area (Å²) in [5, 5.41) is 13.2. The molecule has 1 N–H and O–H groups in total. The zero-order valence-corrected chi connectivity index (χ0v) is 17.6. The largest absolute Gasteiger partial charge is 0.368 e. The van der Waals surface area contributed by atoms with Gasteiger partial charge < -0.3 is 9.47 Å². The Labute approximate surface area is 184 Å². The Bertz CT molecular complexity index is 939. The van der Waals surface area contributed by atoms with Crippen molar-refractivity contribution in [1.29, 1.82) is 5.26 Å². The van der Waals surface area contributed by atoms with Crippen LogP contribution in [0.25, 0.3) is 0 Å². The summed E-state index contributed by atoms with van der Waals surface area (Å²) in [6.45, 7) is 5.31. The summed E-state index contributed by atoms with van der Waals surface area (Å²) in [7, 11) is 0. The van der Waals surface area contributed by atoms with E-state index in [4.69, 9.17) is 9.47 Å². The standard InChI is InChI=1S/C27H28N2O2/c1-2-26(30-20-23-14-8-4-9-15-23)27(31-21-24-16-10-5-11-17-24)25(18-28)29-19-22-12-6-3-7-13-22/h2-17,25-27,29H,1,19-21H2/t25-,26+,27+/m0/s1. The van der Waals surface area contributed by atoms with Crippen LogP contribution in [-0.4, -0.2) is 18.2 Å². The predicted octanol–water partition coefficient (Wildman–Crippen LogP) is 5.03. The van der Waals surface area contributed by atoms with E-state index in [1.165, 1.54) is 0 Å². The van der Waals surface area contributed by atoms with Crippen molar-refractivity contribution in [3.8, 4) is 6.07 Å². The smallest absolute Gasteiger partial charge is 0.125 e. The van der Waals surface area contributed by atoms with Crippen LogP contribution in [0.3, 0.4) is 0 Å². The van der Waals surface area contributed by atoms with Gasteiger partial charge >= 0.3 is 0 Å². The van der Waals surface area contributed by atoms with Gasteiger partial charge in [-0.3, -0.25) is 5.32 Å². The van der Waals surface area contributed by atoms with Crippen LogP contribution in [0.5, 0.6) is 0 Å². The van der Waals surface area contributed by atoms with E-state index < -0.39 is 18.2 Å². The predicted molar refractivity (Wildman–Crippen MR) is 123 cm³/mol. The number of nitrogens with one attached hydrogen (secondary N) is 1. The molecule has 3 aromatic carbocycles. The van der Waals surface area contributed by atoms with Crippen molar-refractivity contribution in [2.75, 3.05) is 0 Å². The van der Waals surface area contributed by atoms with Crippen LogP contribution in [0.2, 0.25) is 0 Å². The minimum Gasteiger partial charge on any atom is -0.368 e. The summed E-state index contributed by atoms with van der Waals surface area (Å²) in [5.74, 6) is 0. The Morgan fingerprint density at radius 2 is 1.26 bits per heavy atom.